The van der Waals surface area contributed by atoms with Crippen molar-refractivity contribution in [2.24, 2.45) is 5.41 Å². The van der Waals surface area contributed by atoms with Crippen molar-refractivity contribution in [3.05, 3.63) is 30.0 Å². The number of nitrogens with one attached hydrogen (secondary N) is 1. The van der Waals surface area contributed by atoms with Crippen molar-refractivity contribution >= 4 is 23.7 Å². The third kappa shape index (κ3) is 6.65. The molecule has 1 aliphatic rings. The second-order valence-electron chi connectivity index (χ2n) is 7.61. The lowest BCUT2D eigenvalue weighted by Gasteiger charge is -2.26. The summed E-state index contributed by atoms with van der Waals surface area (Å²) in [4.78, 5) is 16.5. The summed E-state index contributed by atoms with van der Waals surface area (Å²) in [5, 5.41) is 13.6. The molecule has 0 bridgehead atoms. The van der Waals surface area contributed by atoms with Gasteiger partial charge >= 0.3 is 0 Å². The molecule has 1 fully saturated rings. The minimum atomic E-state index is -0.285. The van der Waals surface area contributed by atoms with Gasteiger partial charge in [0.25, 0.3) is 0 Å². The Hall–Kier alpha value is -1.33. The molecule has 1 aromatic rings. The Morgan fingerprint density at radius 2 is 2.25 bits per heavy atom. The number of rotatable bonds is 5. The van der Waals surface area contributed by atoms with E-state index in [1.807, 2.05) is 18.2 Å². The lowest BCUT2D eigenvalue weighted by molar-refractivity contribution is -0.117. The van der Waals surface area contributed by atoms with Crippen LogP contribution in [0.15, 0.2) is 29.4 Å². The second-order valence-corrected chi connectivity index (χ2v) is 8.57. The summed E-state index contributed by atoms with van der Waals surface area (Å²) in [5.41, 5.74) is 1.19. The topological polar surface area (TPSA) is 62.2 Å². The summed E-state index contributed by atoms with van der Waals surface area (Å²) in [6.07, 6.45) is 8.29. The monoisotopic (exact) mass is 348 g/mol. The number of aromatic nitrogens is 1. The number of hydrogen-bond acceptors (Lipinski definition) is 4. The molecule has 24 heavy (non-hydrogen) atoms. The predicted molar refractivity (Wildman–Crippen MR) is 99.9 cm³/mol. The van der Waals surface area contributed by atoms with Crippen LogP contribution >= 0.6 is 11.8 Å². The first-order valence-corrected chi connectivity index (χ1v) is 9.56. The molecule has 1 amide bonds. The maximum absolute atomic E-state index is 12.1. The minimum absolute atomic E-state index is 0.0783. The molecule has 0 aliphatic heterocycles. The average molecular weight is 349 g/mol. The molecule has 132 valence electrons. The maximum Gasteiger partial charge on any atom is 0.244 e. The van der Waals surface area contributed by atoms with Crippen molar-refractivity contribution in [2.75, 3.05) is 5.75 Å². The van der Waals surface area contributed by atoms with Crippen LogP contribution in [-0.4, -0.2) is 33.9 Å². The highest BCUT2D eigenvalue weighted by Crippen LogP contribution is 2.28. The lowest BCUT2D eigenvalue weighted by Crippen LogP contribution is -2.38. The van der Waals surface area contributed by atoms with Crippen LogP contribution in [0.3, 0.4) is 0 Å². The summed E-state index contributed by atoms with van der Waals surface area (Å²) in [6.45, 7) is 6.60. The Labute approximate surface area is 149 Å². The fraction of sp³-hybridized carbons (Fsp3) is 0.579. The van der Waals surface area contributed by atoms with Crippen LogP contribution < -0.4 is 5.32 Å². The van der Waals surface area contributed by atoms with E-state index in [2.05, 4.69) is 31.1 Å². The molecular formula is C19H28N2O2S. The van der Waals surface area contributed by atoms with Crippen molar-refractivity contribution in [3.63, 3.8) is 0 Å². The van der Waals surface area contributed by atoms with E-state index in [0.717, 1.165) is 35.6 Å². The van der Waals surface area contributed by atoms with E-state index >= 15 is 0 Å². The number of carbonyl (C=O) groups is 1. The fourth-order valence-electron chi connectivity index (χ4n) is 2.65. The zero-order valence-electron chi connectivity index (χ0n) is 14.8. The molecule has 0 saturated heterocycles. The van der Waals surface area contributed by atoms with Gasteiger partial charge in [-0.15, -0.1) is 11.8 Å². The normalized spacial score (nSPS) is 21.8. The van der Waals surface area contributed by atoms with Gasteiger partial charge in [0, 0.05) is 29.6 Å². The first-order valence-electron chi connectivity index (χ1n) is 8.58. The van der Waals surface area contributed by atoms with Gasteiger partial charge in [0.1, 0.15) is 5.03 Å². The fourth-order valence-corrected chi connectivity index (χ4v) is 3.65. The molecule has 1 unspecified atom stereocenters. The number of thioether (sulfide) groups is 1. The van der Waals surface area contributed by atoms with E-state index in [4.69, 9.17) is 0 Å². The maximum atomic E-state index is 12.1. The highest BCUT2D eigenvalue weighted by molar-refractivity contribution is 7.99. The van der Waals surface area contributed by atoms with Crippen molar-refractivity contribution in [3.8, 4) is 0 Å². The third-order valence-electron chi connectivity index (χ3n) is 3.85. The Morgan fingerprint density at radius 3 is 2.96 bits per heavy atom. The Morgan fingerprint density at radius 1 is 1.46 bits per heavy atom. The Bertz CT molecular complexity index is 581. The molecule has 2 N–H and O–H groups in total. The number of aliphatic hydroxyl groups excluding tert-OH is 1. The van der Waals surface area contributed by atoms with Gasteiger partial charge in [-0.25, -0.2) is 4.98 Å². The summed E-state index contributed by atoms with van der Waals surface area (Å²) in [6, 6.07) is 3.94. The zero-order valence-corrected chi connectivity index (χ0v) is 15.6. The smallest absolute Gasteiger partial charge is 0.244 e. The number of nitrogens with zero attached hydrogens (tertiary/aromatic N) is 1. The van der Waals surface area contributed by atoms with E-state index in [9.17, 15) is 9.90 Å². The quantitative estimate of drug-likeness (QED) is 0.630. The van der Waals surface area contributed by atoms with Crippen LogP contribution in [0.1, 0.15) is 52.0 Å². The van der Waals surface area contributed by atoms with Gasteiger partial charge in [-0.2, -0.15) is 0 Å². The molecule has 2 atom stereocenters. The molecule has 1 heterocycles. The number of amides is 1. The second kappa shape index (κ2) is 8.67. The molecular weight excluding hydrogens is 320 g/mol. The number of aliphatic hydroxyl groups is 1. The number of pyridine rings is 1. The van der Waals surface area contributed by atoms with Crippen LogP contribution in [0, 0.1) is 5.41 Å². The first kappa shape index (κ1) is 19.0. The molecule has 5 heteroatoms. The third-order valence-corrected chi connectivity index (χ3v) is 5.47. The van der Waals surface area contributed by atoms with E-state index < -0.39 is 0 Å². The molecule has 0 aromatic carbocycles. The highest BCUT2D eigenvalue weighted by Gasteiger charge is 2.20. The molecule has 1 aliphatic carbocycles. The van der Waals surface area contributed by atoms with E-state index in [1.54, 1.807) is 24.0 Å². The predicted octanol–water partition coefficient (Wildman–Crippen LogP) is 3.65. The zero-order chi connectivity index (χ0) is 17.6. The first-order chi connectivity index (χ1) is 11.3. The van der Waals surface area contributed by atoms with E-state index in [-0.39, 0.29) is 23.5 Å². The summed E-state index contributed by atoms with van der Waals surface area (Å²) < 4.78 is 0. The lowest BCUT2D eigenvalue weighted by atomic mass is 9.93. The minimum Gasteiger partial charge on any atom is -0.393 e. The number of hydrogen-bond donors (Lipinski definition) is 2. The van der Waals surface area contributed by atoms with Crippen LogP contribution in [0.2, 0.25) is 0 Å². The molecule has 4 nitrogen and oxygen atoms in total. The summed E-state index contributed by atoms with van der Waals surface area (Å²) >= 11 is 1.71. The summed E-state index contributed by atoms with van der Waals surface area (Å²) in [5.74, 6) is 0.863. The van der Waals surface area contributed by atoms with Gasteiger partial charge in [0.15, 0.2) is 0 Å². The van der Waals surface area contributed by atoms with Gasteiger partial charge in [-0.3, -0.25) is 4.79 Å². The van der Waals surface area contributed by atoms with Gasteiger partial charge in [-0.05, 0) is 43.2 Å². The molecule has 1 saturated carbocycles. The van der Waals surface area contributed by atoms with Gasteiger partial charge in [0.2, 0.25) is 5.91 Å². The van der Waals surface area contributed by atoms with E-state index in [0.29, 0.717) is 6.42 Å². The summed E-state index contributed by atoms with van der Waals surface area (Å²) in [7, 11) is 0. The largest absolute Gasteiger partial charge is 0.393 e. The molecule has 1 aromatic heterocycles. The van der Waals surface area contributed by atoms with Crippen molar-refractivity contribution in [1.82, 2.24) is 10.3 Å². The Balaban J connectivity index is 1.94. The Kier molecular flexibility index (Phi) is 6.87. The highest BCUT2D eigenvalue weighted by atomic mass is 32.2. The number of carbonyl (C=O) groups excluding carboxylic acids is 1. The van der Waals surface area contributed by atoms with Crippen LogP contribution in [0.25, 0.3) is 6.08 Å². The molecule has 2 rings (SSSR count). The van der Waals surface area contributed by atoms with Crippen LogP contribution in [-0.2, 0) is 4.79 Å². The average Bonchev–Trinajstić information content (AvgIpc) is 2.51. The van der Waals surface area contributed by atoms with Crippen molar-refractivity contribution in [1.29, 1.82) is 0 Å². The SMILES string of the molecule is CC(C)(C)CSc1ncccc1/C=C/C(=O)NC1CCC[C@@H](O)C1. The van der Waals surface area contributed by atoms with E-state index in [1.165, 1.54) is 0 Å². The van der Waals surface area contributed by atoms with Crippen molar-refractivity contribution in [2.45, 2.75) is 63.6 Å². The van der Waals surface area contributed by atoms with Gasteiger partial charge in [0.05, 0.1) is 6.10 Å². The standard InChI is InChI=1S/C19H28N2O2S/c1-19(2,3)13-24-18-14(6-5-11-20-18)9-10-17(23)21-15-7-4-8-16(22)12-15/h5-6,9-11,15-16,22H,4,7-8,12-13H2,1-3H3,(H,21,23)/b10-9+/t15?,16-/m1/s1. The molecule has 0 spiro atoms. The molecule has 0 radical (unpaired) electrons. The van der Waals surface area contributed by atoms with Gasteiger partial charge in [-0.1, -0.05) is 26.8 Å². The van der Waals surface area contributed by atoms with Crippen LogP contribution in [0.4, 0.5) is 0 Å². The van der Waals surface area contributed by atoms with Gasteiger partial charge < -0.3 is 10.4 Å². The van der Waals surface area contributed by atoms with Crippen molar-refractivity contribution < 1.29 is 9.90 Å². The van der Waals surface area contributed by atoms with Crippen LogP contribution in [0.5, 0.6) is 0 Å².